The van der Waals surface area contributed by atoms with Crippen molar-refractivity contribution >= 4 is 6.09 Å². The van der Waals surface area contributed by atoms with Crippen LogP contribution in [0.4, 0.5) is 9.18 Å². The topological polar surface area (TPSA) is 36.0 Å². The fraction of sp³-hybridized carbons (Fsp3) is 0.952. The molecule has 27 heavy (non-hydrogen) atoms. The van der Waals surface area contributed by atoms with Gasteiger partial charge in [0.2, 0.25) is 0 Å². The Bertz CT molecular complexity index is 518. The quantitative estimate of drug-likeness (QED) is 0.733. The molecule has 6 heteroatoms. The van der Waals surface area contributed by atoms with Crippen molar-refractivity contribution in [2.45, 2.75) is 64.0 Å². The molecule has 1 spiro atoms. The van der Waals surface area contributed by atoms with Gasteiger partial charge >= 0.3 is 6.09 Å². The SMILES string of the molecule is CCOC(=O)N1CCC2(CC(N3CCC([C@@H]4CCCN4CCF)CC3)C2)C1. The van der Waals surface area contributed by atoms with E-state index in [-0.39, 0.29) is 12.8 Å². The summed E-state index contributed by atoms with van der Waals surface area (Å²) in [6.07, 6.45) is 8.54. The van der Waals surface area contributed by atoms with Gasteiger partial charge in [0.05, 0.1) is 6.61 Å². The zero-order valence-corrected chi connectivity index (χ0v) is 16.9. The summed E-state index contributed by atoms with van der Waals surface area (Å²) in [6.45, 7) is 8.00. The van der Waals surface area contributed by atoms with Gasteiger partial charge in [-0.1, -0.05) is 0 Å². The Kier molecular flexibility index (Phi) is 5.93. The summed E-state index contributed by atoms with van der Waals surface area (Å²) in [5.74, 6) is 0.759. The number of amides is 1. The summed E-state index contributed by atoms with van der Waals surface area (Å²) in [7, 11) is 0. The highest BCUT2D eigenvalue weighted by atomic mass is 19.1. The number of alkyl halides is 1. The minimum atomic E-state index is -0.206. The summed E-state index contributed by atoms with van der Waals surface area (Å²) < 4.78 is 18.0. The molecule has 3 heterocycles. The molecule has 0 unspecified atom stereocenters. The van der Waals surface area contributed by atoms with Crippen LogP contribution < -0.4 is 0 Å². The van der Waals surface area contributed by atoms with E-state index in [1.165, 1.54) is 51.6 Å². The van der Waals surface area contributed by atoms with Gasteiger partial charge in [0, 0.05) is 31.7 Å². The molecule has 0 radical (unpaired) electrons. The first-order chi connectivity index (χ1) is 13.1. The number of hydrogen-bond donors (Lipinski definition) is 0. The monoisotopic (exact) mass is 381 g/mol. The maximum atomic E-state index is 12.8. The van der Waals surface area contributed by atoms with E-state index in [4.69, 9.17) is 4.74 Å². The summed E-state index contributed by atoms with van der Waals surface area (Å²) in [4.78, 5) is 19.0. The van der Waals surface area contributed by atoms with Crippen molar-refractivity contribution in [3.63, 3.8) is 0 Å². The number of hydrogen-bond acceptors (Lipinski definition) is 4. The highest BCUT2D eigenvalue weighted by Gasteiger charge is 2.51. The van der Waals surface area contributed by atoms with Crippen LogP contribution in [0.15, 0.2) is 0 Å². The summed E-state index contributed by atoms with van der Waals surface area (Å²) in [5.41, 5.74) is 0.359. The summed E-state index contributed by atoms with van der Waals surface area (Å²) in [6, 6.07) is 1.34. The van der Waals surface area contributed by atoms with Crippen LogP contribution in [-0.2, 0) is 4.74 Å². The van der Waals surface area contributed by atoms with Crippen molar-refractivity contribution in [2.75, 3.05) is 52.6 Å². The van der Waals surface area contributed by atoms with E-state index in [0.717, 1.165) is 32.0 Å². The lowest BCUT2D eigenvalue weighted by atomic mass is 9.64. The van der Waals surface area contributed by atoms with Crippen LogP contribution in [0.3, 0.4) is 0 Å². The Labute approximate surface area is 163 Å². The lowest BCUT2D eigenvalue weighted by Gasteiger charge is -2.52. The van der Waals surface area contributed by atoms with Gasteiger partial charge in [-0.15, -0.1) is 0 Å². The minimum absolute atomic E-state index is 0.131. The standard InChI is InChI=1S/C21H36FN3O2/c1-2-27-20(26)25-12-7-21(16-25)14-18(15-21)23-10-5-17(6-11-23)19-4-3-9-24(19)13-8-22/h17-19H,2-16H2,1H3/t18?,19-,21?/m0/s1. The Hall–Kier alpha value is -0.880. The predicted octanol–water partition coefficient (Wildman–Crippen LogP) is 3.14. The van der Waals surface area contributed by atoms with Crippen LogP contribution >= 0.6 is 0 Å². The Morgan fingerprint density at radius 2 is 1.93 bits per heavy atom. The molecular weight excluding hydrogens is 345 g/mol. The predicted molar refractivity (Wildman–Crippen MR) is 104 cm³/mol. The smallest absolute Gasteiger partial charge is 0.409 e. The highest BCUT2D eigenvalue weighted by Crippen LogP contribution is 2.51. The second-order valence-electron chi connectivity index (χ2n) is 9.24. The number of rotatable bonds is 5. The van der Waals surface area contributed by atoms with Crippen molar-refractivity contribution < 1.29 is 13.9 Å². The van der Waals surface area contributed by atoms with E-state index in [1.807, 2.05) is 11.8 Å². The second-order valence-corrected chi connectivity index (χ2v) is 9.24. The van der Waals surface area contributed by atoms with Crippen LogP contribution in [0.5, 0.6) is 0 Å². The Morgan fingerprint density at radius 3 is 2.63 bits per heavy atom. The molecule has 0 aromatic carbocycles. The minimum Gasteiger partial charge on any atom is -0.450 e. The highest BCUT2D eigenvalue weighted by molar-refractivity contribution is 5.68. The Balaban J connectivity index is 1.21. The van der Waals surface area contributed by atoms with Crippen LogP contribution in [0.1, 0.15) is 51.9 Å². The van der Waals surface area contributed by atoms with E-state index in [1.54, 1.807) is 0 Å². The third-order valence-corrected chi connectivity index (χ3v) is 7.72. The molecule has 0 bridgehead atoms. The summed E-state index contributed by atoms with van der Waals surface area (Å²) >= 11 is 0. The number of nitrogens with zero attached hydrogens (tertiary/aromatic N) is 3. The van der Waals surface area contributed by atoms with Crippen molar-refractivity contribution in [2.24, 2.45) is 11.3 Å². The van der Waals surface area contributed by atoms with Gasteiger partial charge in [-0.25, -0.2) is 9.18 Å². The van der Waals surface area contributed by atoms with E-state index >= 15 is 0 Å². The largest absolute Gasteiger partial charge is 0.450 e. The number of carbonyl (C=O) groups excluding carboxylic acids is 1. The molecule has 3 saturated heterocycles. The molecule has 5 nitrogen and oxygen atoms in total. The summed E-state index contributed by atoms with van der Waals surface area (Å²) in [5, 5.41) is 0. The molecule has 1 amide bonds. The molecule has 0 N–H and O–H groups in total. The molecular formula is C21H36FN3O2. The number of halogens is 1. The van der Waals surface area contributed by atoms with Crippen LogP contribution in [0.2, 0.25) is 0 Å². The number of piperidine rings is 1. The number of ether oxygens (including phenoxy) is 1. The van der Waals surface area contributed by atoms with E-state index in [9.17, 15) is 9.18 Å². The lowest BCUT2D eigenvalue weighted by molar-refractivity contribution is -0.0160. The first-order valence-electron chi connectivity index (χ1n) is 11.1. The average Bonchev–Trinajstić information content (AvgIpc) is 3.29. The molecule has 0 aromatic heterocycles. The third-order valence-electron chi connectivity index (χ3n) is 7.72. The number of likely N-dealkylation sites (tertiary alicyclic amines) is 3. The molecule has 3 aliphatic heterocycles. The molecule has 4 fully saturated rings. The average molecular weight is 382 g/mol. The van der Waals surface area contributed by atoms with Crippen LogP contribution in [-0.4, -0.2) is 85.4 Å². The van der Waals surface area contributed by atoms with Crippen molar-refractivity contribution in [1.29, 1.82) is 0 Å². The van der Waals surface area contributed by atoms with Gasteiger partial charge in [0.1, 0.15) is 6.67 Å². The van der Waals surface area contributed by atoms with E-state index in [2.05, 4.69) is 9.80 Å². The normalized spacial score (nSPS) is 35.7. The van der Waals surface area contributed by atoms with Gasteiger partial charge < -0.3 is 14.5 Å². The molecule has 1 saturated carbocycles. The first-order valence-corrected chi connectivity index (χ1v) is 11.1. The molecule has 4 rings (SSSR count). The van der Waals surface area contributed by atoms with Gasteiger partial charge in [-0.2, -0.15) is 0 Å². The van der Waals surface area contributed by atoms with Gasteiger partial charge in [-0.3, -0.25) is 4.90 Å². The van der Waals surface area contributed by atoms with Crippen molar-refractivity contribution in [3.8, 4) is 0 Å². The molecule has 154 valence electrons. The molecule has 4 aliphatic rings. The molecule has 1 aliphatic carbocycles. The fourth-order valence-corrected chi connectivity index (χ4v) is 6.28. The maximum Gasteiger partial charge on any atom is 0.409 e. The molecule has 1 atom stereocenters. The van der Waals surface area contributed by atoms with Crippen LogP contribution in [0.25, 0.3) is 0 Å². The third kappa shape index (κ3) is 3.98. The van der Waals surface area contributed by atoms with Crippen molar-refractivity contribution in [3.05, 3.63) is 0 Å². The van der Waals surface area contributed by atoms with Crippen molar-refractivity contribution in [1.82, 2.24) is 14.7 Å². The van der Waals surface area contributed by atoms with Gasteiger partial charge in [0.15, 0.2) is 0 Å². The second kappa shape index (κ2) is 8.24. The maximum absolute atomic E-state index is 12.8. The lowest BCUT2D eigenvalue weighted by Crippen LogP contribution is -2.55. The van der Waals surface area contributed by atoms with E-state index in [0.29, 0.717) is 30.7 Å². The van der Waals surface area contributed by atoms with Gasteiger partial charge in [0.25, 0.3) is 0 Å². The zero-order chi connectivity index (χ0) is 18.9. The first kappa shape index (κ1) is 19.4. The van der Waals surface area contributed by atoms with Gasteiger partial charge in [-0.05, 0) is 82.8 Å². The zero-order valence-electron chi connectivity index (χ0n) is 16.9. The Morgan fingerprint density at radius 1 is 1.15 bits per heavy atom. The van der Waals surface area contributed by atoms with E-state index < -0.39 is 0 Å². The fourth-order valence-electron chi connectivity index (χ4n) is 6.28. The number of carbonyl (C=O) groups is 1. The molecule has 0 aromatic rings. The van der Waals surface area contributed by atoms with Crippen LogP contribution in [0, 0.1) is 11.3 Å².